The molecule has 0 rings (SSSR count). The zero-order valence-corrected chi connectivity index (χ0v) is 7.76. The lowest BCUT2D eigenvalue weighted by Crippen LogP contribution is -2.01. The average Bonchev–Trinajstić information content (AvgIpc) is 2.06. The van der Waals surface area contributed by atoms with Crippen molar-refractivity contribution >= 4 is 17.7 Å². The molecule has 0 saturated carbocycles. The molecule has 66 valence electrons. The quantitative estimate of drug-likeness (QED) is 0.285. The molecule has 0 N–H and O–H groups in total. The van der Waals surface area contributed by atoms with Crippen LogP contribution >= 0.6 is 11.8 Å². The van der Waals surface area contributed by atoms with Gasteiger partial charge in [-0.25, -0.2) is 4.79 Å². The van der Waals surface area contributed by atoms with Gasteiger partial charge in [-0.1, -0.05) is 13.3 Å². The molecule has 0 spiro atoms. The molecule has 0 atom stereocenters. The maximum atomic E-state index is 10.8. The van der Waals surface area contributed by atoms with E-state index in [1.54, 1.807) is 0 Å². The van der Waals surface area contributed by atoms with Crippen LogP contribution in [0, 0.1) is 10.7 Å². The summed E-state index contributed by atoms with van der Waals surface area (Å²) in [5, 5.41) is 11.3. The average molecular weight is 185 g/mol. The van der Waals surface area contributed by atoms with Crippen LogP contribution in [0.3, 0.4) is 0 Å². The van der Waals surface area contributed by atoms with Gasteiger partial charge < -0.3 is 4.74 Å². The van der Waals surface area contributed by atoms with E-state index in [1.165, 1.54) is 11.5 Å². The summed E-state index contributed by atoms with van der Waals surface area (Å²) < 4.78 is 4.78. The maximum Gasteiger partial charge on any atom is 0.331 e. The van der Waals surface area contributed by atoms with Crippen molar-refractivity contribution in [2.24, 2.45) is 0 Å². The van der Waals surface area contributed by atoms with Crippen molar-refractivity contribution in [2.75, 3.05) is 6.61 Å². The van der Waals surface area contributed by atoms with E-state index < -0.39 is 0 Å². The number of rotatable bonds is 5. The van der Waals surface area contributed by atoms with E-state index in [2.05, 4.69) is 0 Å². The van der Waals surface area contributed by atoms with Gasteiger partial charge in [0.15, 0.2) is 0 Å². The van der Waals surface area contributed by atoms with E-state index in [9.17, 15) is 4.79 Å². The van der Waals surface area contributed by atoms with Crippen LogP contribution in [-0.2, 0) is 9.53 Å². The van der Waals surface area contributed by atoms with Crippen molar-refractivity contribution < 1.29 is 9.53 Å². The first-order chi connectivity index (χ1) is 5.81. The van der Waals surface area contributed by atoms with Crippen molar-refractivity contribution in [3.8, 4) is 5.40 Å². The highest BCUT2D eigenvalue weighted by atomic mass is 32.2. The predicted molar refractivity (Wildman–Crippen MR) is 48.2 cm³/mol. The van der Waals surface area contributed by atoms with Crippen LogP contribution in [0.1, 0.15) is 19.8 Å². The smallest absolute Gasteiger partial charge is 0.331 e. The van der Waals surface area contributed by atoms with E-state index in [4.69, 9.17) is 10.00 Å². The van der Waals surface area contributed by atoms with Crippen molar-refractivity contribution in [1.29, 1.82) is 5.26 Å². The number of nitriles is 1. The first kappa shape index (κ1) is 11.1. The number of unbranched alkanes of at least 4 members (excludes halogenated alkanes) is 1. The Balaban J connectivity index is 3.40. The monoisotopic (exact) mass is 185 g/mol. The van der Waals surface area contributed by atoms with Crippen molar-refractivity contribution in [2.45, 2.75) is 19.8 Å². The van der Waals surface area contributed by atoms with Gasteiger partial charge in [-0.2, -0.15) is 5.26 Å². The summed E-state index contributed by atoms with van der Waals surface area (Å²) in [6, 6.07) is 0. The molecule has 0 fully saturated rings. The number of hydrogen-bond acceptors (Lipinski definition) is 4. The minimum absolute atomic E-state index is 0.383. The molecule has 0 aromatic carbocycles. The van der Waals surface area contributed by atoms with Crippen LogP contribution in [0.5, 0.6) is 0 Å². The van der Waals surface area contributed by atoms with Crippen molar-refractivity contribution in [1.82, 2.24) is 0 Å². The maximum absolute atomic E-state index is 10.8. The third-order valence-electron chi connectivity index (χ3n) is 1.07. The number of hydrogen-bond donors (Lipinski definition) is 0. The predicted octanol–water partition coefficient (Wildman–Crippen LogP) is 2.06. The molecule has 0 bridgehead atoms. The lowest BCUT2D eigenvalue weighted by atomic mass is 10.4. The number of carbonyl (C=O) groups excluding carboxylic acids is 1. The van der Waals surface area contributed by atoms with E-state index >= 15 is 0 Å². The Morgan fingerprint density at radius 1 is 1.75 bits per heavy atom. The molecule has 3 nitrogen and oxygen atoms in total. The lowest BCUT2D eigenvalue weighted by molar-refractivity contribution is -0.137. The number of nitrogens with zero attached hydrogens (tertiary/aromatic N) is 1. The van der Waals surface area contributed by atoms with Gasteiger partial charge in [0.1, 0.15) is 5.40 Å². The Hall–Kier alpha value is -0.950. The Bertz CT molecular complexity index is 196. The molecule has 0 aliphatic heterocycles. The summed E-state index contributed by atoms with van der Waals surface area (Å²) in [6.07, 6.45) is 3.14. The van der Waals surface area contributed by atoms with E-state index in [-0.39, 0.29) is 5.97 Å². The van der Waals surface area contributed by atoms with Gasteiger partial charge in [0, 0.05) is 6.08 Å². The van der Waals surface area contributed by atoms with Crippen LogP contribution in [0.4, 0.5) is 0 Å². The minimum atomic E-state index is -0.383. The Kier molecular flexibility index (Phi) is 7.50. The second-order valence-electron chi connectivity index (χ2n) is 2.03. The highest BCUT2D eigenvalue weighted by Gasteiger charge is 1.94. The molecule has 0 unspecified atom stereocenters. The summed E-state index contributed by atoms with van der Waals surface area (Å²) in [5.74, 6) is -0.383. The minimum Gasteiger partial charge on any atom is -0.463 e. The van der Waals surface area contributed by atoms with Gasteiger partial charge in [0.25, 0.3) is 0 Å². The molecule has 0 heterocycles. The van der Waals surface area contributed by atoms with Crippen LogP contribution in [0.15, 0.2) is 11.5 Å². The van der Waals surface area contributed by atoms with Crippen LogP contribution in [0.2, 0.25) is 0 Å². The zero-order chi connectivity index (χ0) is 9.23. The van der Waals surface area contributed by atoms with Gasteiger partial charge >= 0.3 is 5.97 Å². The zero-order valence-electron chi connectivity index (χ0n) is 6.95. The molecule has 0 aromatic heterocycles. The van der Waals surface area contributed by atoms with Gasteiger partial charge in [0.05, 0.1) is 6.61 Å². The summed E-state index contributed by atoms with van der Waals surface area (Å²) in [5.41, 5.74) is 0. The summed E-state index contributed by atoms with van der Waals surface area (Å²) in [4.78, 5) is 10.8. The fourth-order valence-electron chi connectivity index (χ4n) is 0.485. The number of thioether (sulfide) groups is 1. The van der Waals surface area contributed by atoms with Gasteiger partial charge in [-0.05, 0) is 23.6 Å². The standard InChI is InChI=1S/C8H11NO2S/c1-2-3-5-11-8(10)4-6-12-7-9/h4,6H,2-3,5H2,1H3/b6-4+. The molecule has 0 aliphatic rings. The third-order valence-corrected chi connectivity index (χ3v) is 1.44. The van der Waals surface area contributed by atoms with Gasteiger partial charge in [-0.3, -0.25) is 0 Å². The third kappa shape index (κ3) is 7.16. The fourth-order valence-corrected chi connectivity index (χ4v) is 0.725. The van der Waals surface area contributed by atoms with Crippen LogP contribution < -0.4 is 0 Å². The molecular formula is C8H11NO2S. The highest BCUT2D eigenvalue weighted by Crippen LogP contribution is 1.98. The summed E-state index contributed by atoms with van der Waals surface area (Å²) in [7, 11) is 0. The Labute approximate surface area is 76.4 Å². The number of thiocyanates is 1. The molecular weight excluding hydrogens is 174 g/mol. The number of esters is 1. The van der Waals surface area contributed by atoms with E-state index in [0.717, 1.165) is 24.6 Å². The molecule has 0 aliphatic carbocycles. The molecule has 4 heteroatoms. The molecule has 12 heavy (non-hydrogen) atoms. The lowest BCUT2D eigenvalue weighted by Gasteiger charge is -1.97. The first-order valence-electron chi connectivity index (χ1n) is 3.69. The summed E-state index contributed by atoms with van der Waals surface area (Å²) in [6.45, 7) is 2.48. The molecule has 0 amide bonds. The van der Waals surface area contributed by atoms with E-state index in [0.29, 0.717) is 6.61 Å². The fraction of sp³-hybridized carbons (Fsp3) is 0.500. The van der Waals surface area contributed by atoms with Gasteiger partial charge in [0.2, 0.25) is 0 Å². The second-order valence-corrected chi connectivity index (χ2v) is 2.72. The Morgan fingerprint density at radius 3 is 3.08 bits per heavy atom. The number of ether oxygens (including phenoxy) is 1. The summed E-state index contributed by atoms with van der Waals surface area (Å²) >= 11 is 0.900. The largest absolute Gasteiger partial charge is 0.463 e. The topological polar surface area (TPSA) is 50.1 Å². The van der Waals surface area contributed by atoms with Crippen molar-refractivity contribution in [3.63, 3.8) is 0 Å². The number of carbonyl (C=O) groups is 1. The Morgan fingerprint density at radius 2 is 2.50 bits per heavy atom. The van der Waals surface area contributed by atoms with Gasteiger partial charge in [-0.15, -0.1) is 0 Å². The normalized spacial score (nSPS) is 9.67. The first-order valence-corrected chi connectivity index (χ1v) is 4.57. The molecule has 0 radical (unpaired) electrons. The second kappa shape index (κ2) is 8.15. The highest BCUT2D eigenvalue weighted by molar-refractivity contribution is 8.06. The SMILES string of the molecule is CCCCOC(=O)/C=C/SC#N. The van der Waals surface area contributed by atoms with Crippen molar-refractivity contribution in [3.05, 3.63) is 11.5 Å². The van der Waals surface area contributed by atoms with Crippen LogP contribution in [-0.4, -0.2) is 12.6 Å². The van der Waals surface area contributed by atoms with Crippen LogP contribution in [0.25, 0.3) is 0 Å². The molecule has 0 saturated heterocycles. The van der Waals surface area contributed by atoms with E-state index in [1.807, 2.05) is 12.3 Å². The molecule has 0 aromatic rings.